The van der Waals surface area contributed by atoms with Crippen molar-refractivity contribution < 1.29 is 0 Å². The third-order valence-electron chi connectivity index (χ3n) is 3.48. The Morgan fingerprint density at radius 2 is 2.20 bits per heavy atom. The molecule has 2 aromatic heterocycles. The normalized spacial score (nSPS) is 12.6. The maximum Gasteiger partial charge on any atom is 0.0608 e. The lowest BCUT2D eigenvalue weighted by atomic mass is 10.00. The first-order chi connectivity index (χ1) is 9.74. The largest absolute Gasteiger partial charge is 0.308 e. The molecule has 0 aliphatic heterocycles. The van der Waals surface area contributed by atoms with Crippen molar-refractivity contribution in [3.63, 3.8) is 0 Å². The Kier molecular flexibility index (Phi) is 5.30. The van der Waals surface area contributed by atoms with Crippen molar-refractivity contribution in [3.8, 4) is 0 Å². The predicted molar refractivity (Wildman–Crippen MR) is 81.6 cm³/mol. The number of pyridine rings is 1. The summed E-state index contributed by atoms with van der Waals surface area (Å²) in [6.45, 7) is 5.37. The summed E-state index contributed by atoms with van der Waals surface area (Å²) in [7, 11) is 1.95. The zero-order valence-electron chi connectivity index (χ0n) is 12.6. The lowest BCUT2D eigenvalue weighted by Gasteiger charge is -2.20. The predicted octanol–water partition coefficient (Wildman–Crippen LogP) is 2.66. The van der Waals surface area contributed by atoms with E-state index >= 15 is 0 Å². The van der Waals surface area contributed by atoms with Crippen LogP contribution in [0.4, 0.5) is 0 Å². The van der Waals surface area contributed by atoms with E-state index in [1.54, 1.807) is 0 Å². The first-order valence-electron chi connectivity index (χ1n) is 7.39. The molecule has 0 amide bonds. The third kappa shape index (κ3) is 3.67. The highest BCUT2D eigenvalue weighted by Gasteiger charge is 2.16. The zero-order valence-corrected chi connectivity index (χ0v) is 12.6. The molecule has 2 heterocycles. The van der Waals surface area contributed by atoms with Gasteiger partial charge in [0.1, 0.15) is 0 Å². The van der Waals surface area contributed by atoms with Gasteiger partial charge in [0.25, 0.3) is 0 Å². The van der Waals surface area contributed by atoms with Crippen LogP contribution < -0.4 is 5.32 Å². The average molecular weight is 272 g/mol. The Morgan fingerprint density at radius 1 is 1.35 bits per heavy atom. The number of nitrogens with zero attached hydrogens (tertiary/aromatic N) is 3. The standard InChI is InChI=1S/C16H24N4/c1-4-8-17-15(10-13-11-19-20(3)12-13)16-14(5-2)7-6-9-18-16/h6-7,9,11-12,15,17H,4-5,8,10H2,1-3H3. The molecule has 0 aliphatic carbocycles. The van der Waals surface area contributed by atoms with Crippen LogP contribution in [-0.2, 0) is 19.9 Å². The summed E-state index contributed by atoms with van der Waals surface area (Å²) in [5, 5.41) is 7.87. The van der Waals surface area contributed by atoms with Crippen molar-refractivity contribution in [2.24, 2.45) is 7.05 Å². The number of nitrogens with one attached hydrogen (secondary N) is 1. The molecule has 0 saturated carbocycles. The SMILES string of the molecule is CCCNC(Cc1cnn(C)c1)c1ncccc1CC. The van der Waals surface area contributed by atoms with Gasteiger partial charge in [-0.15, -0.1) is 0 Å². The van der Waals surface area contributed by atoms with Gasteiger partial charge in [-0.05, 0) is 43.0 Å². The molecular weight excluding hydrogens is 248 g/mol. The summed E-state index contributed by atoms with van der Waals surface area (Å²) < 4.78 is 1.85. The molecule has 0 fully saturated rings. The Labute approximate surface area is 121 Å². The van der Waals surface area contributed by atoms with Crippen molar-refractivity contribution in [2.75, 3.05) is 6.54 Å². The van der Waals surface area contributed by atoms with Crippen molar-refractivity contribution in [1.82, 2.24) is 20.1 Å². The Balaban J connectivity index is 2.22. The van der Waals surface area contributed by atoms with E-state index in [-0.39, 0.29) is 6.04 Å². The summed E-state index contributed by atoms with van der Waals surface area (Å²) in [6, 6.07) is 4.45. The minimum absolute atomic E-state index is 0.260. The Bertz CT molecular complexity index is 533. The topological polar surface area (TPSA) is 42.7 Å². The molecule has 2 aromatic rings. The van der Waals surface area contributed by atoms with Crippen LogP contribution in [0.15, 0.2) is 30.7 Å². The van der Waals surface area contributed by atoms with E-state index in [1.807, 2.05) is 30.2 Å². The zero-order chi connectivity index (χ0) is 14.4. The molecule has 1 unspecified atom stereocenters. The van der Waals surface area contributed by atoms with Gasteiger partial charge in [0.2, 0.25) is 0 Å². The van der Waals surface area contributed by atoms with Gasteiger partial charge in [0.05, 0.1) is 17.9 Å². The number of aromatic nitrogens is 3. The first-order valence-corrected chi connectivity index (χ1v) is 7.39. The maximum absolute atomic E-state index is 4.62. The molecule has 0 bridgehead atoms. The molecule has 1 atom stereocenters. The lowest BCUT2D eigenvalue weighted by molar-refractivity contribution is 0.513. The van der Waals surface area contributed by atoms with E-state index in [0.29, 0.717) is 0 Å². The number of hydrogen-bond acceptors (Lipinski definition) is 3. The van der Waals surface area contributed by atoms with Crippen LogP contribution in [0.5, 0.6) is 0 Å². The fourth-order valence-corrected chi connectivity index (χ4v) is 2.46. The van der Waals surface area contributed by atoms with Gasteiger partial charge in [-0.2, -0.15) is 5.10 Å². The van der Waals surface area contributed by atoms with Crippen molar-refractivity contribution >= 4 is 0 Å². The maximum atomic E-state index is 4.62. The van der Waals surface area contributed by atoms with Crippen LogP contribution in [0.1, 0.15) is 43.1 Å². The van der Waals surface area contributed by atoms with E-state index in [1.165, 1.54) is 16.8 Å². The number of rotatable bonds is 7. The van der Waals surface area contributed by atoms with E-state index in [4.69, 9.17) is 0 Å². The summed E-state index contributed by atoms with van der Waals surface area (Å²) in [4.78, 5) is 4.62. The second kappa shape index (κ2) is 7.20. The average Bonchev–Trinajstić information content (AvgIpc) is 2.88. The third-order valence-corrected chi connectivity index (χ3v) is 3.48. The number of aryl methyl sites for hydroxylation is 2. The van der Waals surface area contributed by atoms with Gasteiger partial charge < -0.3 is 5.32 Å². The Morgan fingerprint density at radius 3 is 2.85 bits per heavy atom. The van der Waals surface area contributed by atoms with E-state index in [9.17, 15) is 0 Å². The molecule has 0 aliphatic rings. The van der Waals surface area contributed by atoms with E-state index < -0.39 is 0 Å². The fourth-order valence-electron chi connectivity index (χ4n) is 2.46. The smallest absolute Gasteiger partial charge is 0.0608 e. The molecule has 2 rings (SSSR count). The summed E-state index contributed by atoms with van der Waals surface area (Å²) in [5.74, 6) is 0. The molecule has 4 nitrogen and oxygen atoms in total. The lowest BCUT2D eigenvalue weighted by Crippen LogP contribution is -2.26. The minimum atomic E-state index is 0.260. The van der Waals surface area contributed by atoms with Gasteiger partial charge >= 0.3 is 0 Å². The van der Waals surface area contributed by atoms with Gasteiger partial charge in [-0.25, -0.2) is 0 Å². The number of hydrogen-bond donors (Lipinski definition) is 1. The van der Waals surface area contributed by atoms with E-state index in [0.717, 1.165) is 25.8 Å². The molecule has 0 saturated heterocycles. The van der Waals surface area contributed by atoms with Crippen molar-refractivity contribution in [2.45, 2.75) is 39.2 Å². The van der Waals surface area contributed by atoms with E-state index in [2.05, 4.69) is 41.5 Å². The van der Waals surface area contributed by atoms with Gasteiger partial charge in [-0.1, -0.05) is 19.9 Å². The Hall–Kier alpha value is -1.68. The minimum Gasteiger partial charge on any atom is -0.308 e. The first kappa shape index (κ1) is 14.7. The van der Waals surface area contributed by atoms with Crippen molar-refractivity contribution in [1.29, 1.82) is 0 Å². The summed E-state index contributed by atoms with van der Waals surface area (Å²) in [5.41, 5.74) is 3.74. The molecule has 1 N–H and O–H groups in total. The summed E-state index contributed by atoms with van der Waals surface area (Å²) in [6.07, 6.45) is 8.97. The van der Waals surface area contributed by atoms with Gasteiger partial charge in [0.15, 0.2) is 0 Å². The van der Waals surface area contributed by atoms with Gasteiger partial charge in [-0.3, -0.25) is 9.67 Å². The molecule has 108 valence electrons. The van der Waals surface area contributed by atoms with Crippen LogP contribution >= 0.6 is 0 Å². The van der Waals surface area contributed by atoms with Gasteiger partial charge in [0, 0.05) is 19.4 Å². The van der Waals surface area contributed by atoms with Crippen molar-refractivity contribution in [3.05, 3.63) is 47.5 Å². The highest BCUT2D eigenvalue weighted by Crippen LogP contribution is 2.20. The summed E-state index contributed by atoms with van der Waals surface area (Å²) >= 11 is 0. The highest BCUT2D eigenvalue weighted by molar-refractivity contribution is 5.24. The van der Waals surface area contributed by atoms with Crippen LogP contribution in [0.25, 0.3) is 0 Å². The molecule has 20 heavy (non-hydrogen) atoms. The molecule has 0 aromatic carbocycles. The quantitative estimate of drug-likeness (QED) is 0.842. The molecule has 0 spiro atoms. The highest BCUT2D eigenvalue weighted by atomic mass is 15.2. The fraction of sp³-hybridized carbons (Fsp3) is 0.500. The monoisotopic (exact) mass is 272 g/mol. The molecular formula is C16H24N4. The van der Waals surface area contributed by atoms with Crippen LogP contribution in [-0.4, -0.2) is 21.3 Å². The molecule has 0 radical (unpaired) electrons. The van der Waals surface area contributed by atoms with Crippen LogP contribution in [0, 0.1) is 0 Å². The van der Waals surface area contributed by atoms with Crippen LogP contribution in [0.3, 0.4) is 0 Å². The molecule has 4 heteroatoms. The second-order valence-electron chi connectivity index (χ2n) is 5.13. The second-order valence-corrected chi connectivity index (χ2v) is 5.13. The van der Waals surface area contributed by atoms with Crippen LogP contribution in [0.2, 0.25) is 0 Å².